The lowest BCUT2D eigenvalue weighted by atomic mass is 9.97. The van der Waals surface area contributed by atoms with Crippen LogP contribution in [0.2, 0.25) is 0 Å². The molecule has 3 rings (SSSR count). The standard InChI is InChI=1S/C21H15N3O5/c25-18-13-16(24(28)29)11-12-17(18)22-23-19(20(26)14-7-3-1-4-8-14)21(27)15-9-5-2-6-10-15/h1-13,19,25H. The van der Waals surface area contributed by atoms with Crippen LogP contribution in [0.5, 0.6) is 5.75 Å². The van der Waals surface area contributed by atoms with E-state index >= 15 is 0 Å². The fraction of sp³-hybridized carbons (Fsp3) is 0.0476. The Morgan fingerprint density at radius 3 is 1.83 bits per heavy atom. The quantitative estimate of drug-likeness (QED) is 0.209. The van der Waals surface area contributed by atoms with Gasteiger partial charge in [0.05, 0.1) is 11.0 Å². The molecule has 0 amide bonds. The van der Waals surface area contributed by atoms with Crippen LogP contribution >= 0.6 is 0 Å². The van der Waals surface area contributed by atoms with E-state index in [1.165, 1.54) is 6.07 Å². The Morgan fingerprint density at radius 1 is 0.862 bits per heavy atom. The lowest BCUT2D eigenvalue weighted by molar-refractivity contribution is -0.384. The van der Waals surface area contributed by atoms with Gasteiger partial charge < -0.3 is 5.11 Å². The highest BCUT2D eigenvalue weighted by atomic mass is 16.6. The van der Waals surface area contributed by atoms with Crippen molar-refractivity contribution in [3.63, 3.8) is 0 Å². The van der Waals surface area contributed by atoms with Gasteiger partial charge in [-0.2, -0.15) is 10.2 Å². The van der Waals surface area contributed by atoms with E-state index in [9.17, 15) is 24.8 Å². The van der Waals surface area contributed by atoms with Crippen LogP contribution in [0.25, 0.3) is 0 Å². The predicted molar refractivity (Wildman–Crippen MR) is 105 cm³/mol. The number of phenols is 1. The van der Waals surface area contributed by atoms with Crippen molar-refractivity contribution in [2.24, 2.45) is 10.2 Å². The number of Topliss-reactive ketones (excluding diaryl/α,β-unsaturated/α-hetero) is 2. The second-order valence-electron chi connectivity index (χ2n) is 6.01. The van der Waals surface area contributed by atoms with Crippen molar-refractivity contribution in [1.29, 1.82) is 0 Å². The molecule has 0 aliphatic heterocycles. The van der Waals surface area contributed by atoms with Crippen LogP contribution in [0.3, 0.4) is 0 Å². The summed E-state index contributed by atoms with van der Waals surface area (Å²) in [6.45, 7) is 0. The Hall–Kier alpha value is -4.20. The fourth-order valence-electron chi connectivity index (χ4n) is 2.57. The van der Waals surface area contributed by atoms with E-state index in [4.69, 9.17) is 0 Å². The van der Waals surface area contributed by atoms with Crippen molar-refractivity contribution in [3.8, 4) is 5.75 Å². The fourth-order valence-corrected chi connectivity index (χ4v) is 2.57. The molecule has 0 saturated carbocycles. The smallest absolute Gasteiger partial charge is 0.273 e. The molecule has 3 aromatic rings. The summed E-state index contributed by atoms with van der Waals surface area (Å²) in [5, 5.41) is 28.4. The molecule has 8 heteroatoms. The van der Waals surface area contributed by atoms with Gasteiger partial charge in [-0.3, -0.25) is 19.7 Å². The number of nitro benzene ring substituents is 1. The molecule has 8 nitrogen and oxygen atoms in total. The van der Waals surface area contributed by atoms with E-state index in [0.29, 0.717) is 0 Å². The average Bonchev–Trinajstić information content (AvgIpc) is 2.75. The van der Waals surface area contributed by atoms with Gasteiger partial charge in [-0.05, 0) is 6.07 Å². The van der Waals surface area contributed by atoms with E-state index in [2.05, 4.69) is 10.2 Å². The largest absolute Gasteiger partial charge is 0.505 e. The Morgan fingerprint density at radius 2 is 1.38 bits per heavy atom. The van der Waals surface area contributed by atoms with E-state index < -0.39 is 28.3 Å². The number of azo groups is 1. The van der Waals surface area contributed by atoms with Crippen molar-refractivity contribution in [3.05, 3.63) is 100 Å². The Bertz CT molecular complexity index is 1030. The Kier molecular flexibility index (Phi) is 5.84. The number of hydrogen-bond acceptors (Lipinski definition) is 7. The Labute approximate surface area is 165 Å². The number of carbonyl (C=O) groups is 2. The second kappa shape index (κ2) is 8.66. The molecule has 0 aliphatic rings. The summed E-state index contributed by atoms with van der Waals surface area (Å²) in [6, 6.07) is 18.2. The molecule has 0 aliphatic carbocycles. The highest BCUT2D eigenvalue weighted by Crippen LogP contribution is 2.31. The van der Waals surface area contributed by atoms with Crippen LogP contribution < -0.4 is 0 Å². The number of nitrogens with zero attached hydrogens (tertiary/aromatic N) is 3. The van der Waals surface area contributed by atoms with Gasteiger partial charge in [-0.25, -0.2) is 0 Å². The first-order valence-electron chi connectivity index (χ1n) is 8.54. The molecule has 1 N–H and O–H groups in total. The van der Waals surface area contributed by atoms with Gasteiger partial charge in [0, 0.05) is 17.2 Å². The van der Waals surface area contributed by atoms with Gasteiger partial charge in [0.1, 0.15) is 11.4 Å². The summed E-state index contributed by atoms with van der Waals surface area (Å²) in [5.41, 5.74) is 0.156. The molecule has 144 valence electrons. The van der Waals surface area contributed by atoms with Crippen LogP contribution in [0.1, 0.15) is 20.7 Å². The molecule has 0 unspecified atom stereocenters. The number of rotatable bonds is 7. The van der Waals surface area contributed by atoms with Gasteiger partial charge in [-0.1, -0.05) is 60.7 Å². The van der Waals surface area contributed by atoms with Gasteiger partial charge >= 0.3 is 0 Å². The van der Waals surface area contributed by atoms with Gasteiger partial charge in [-0.15, -0.1) is 0 Å². The zero-order valence-corrected chi connectivity index (χ0v) is 15.0. The highest BCUT2D eigenvalue weighted by Gasteiger charge is 2.28. The molecule has 0 bridgehead atoms. The number of benzene rings is 3. The van der Waals surface area contributed by atoms with E-state index in [1.807, 2.05) is 0 Å². The molecule has 0 atom stereocenters. The monoisotopic (exact) mass is 389 g/mol. The molecule has 29 heavy (non-hydrogen) atoms. The zero-order valence-electron chi connectivity index (χ0n) is 15.0. The maximum Gasteiger partial charge on any atom is 0.273 e. The minimum Gasteiger partial charge on any atom is -0.505 e. The third kappa shape index (κ3) is 4.56. The molecular formula is C21H15N3O5. The Balaban J connectivity index is 1.97. The lowest BCUT2D eigenvalue weighted by Crippen LogP contribution is -2.28. The third-order valence-electron chi connectivity index (χ3n) is 4.06. The van der Waals surface area contributed by atoms with Gasteiger partial charge in [0.2, 0.25) is 0 Å². The summed E-state index contributed by atoms with van der Waals surface area (Å²) in [6.07, 6.45) is 0. The van der Waals surface area contributed by atoms with E-state index in [-0.39, 0.29) is 22.5 Å². The van der Waals surface area contributed by atoms with Crippen molar-refractivity contribution >= 4 is 22.9 Å². The van der Waals surface area contributed by atoms with Crippen molar-refractivity contribution in [2.45, 2.75) is 6.04 Å². The maximum atomic E-state index is 12.9. The summed E-state index contributed by atoms with van der Waals surface area (Å²) in [7, 11) is 0. The molecular weight excluding hydrogens is 374 g/mol. The van der Waals surface area contributed by atoms with Crippen LogP contribution in [-0.4, -0.2) is 27.6 Å². The first kappa shape index (κ1) is 19.6. The molecule has 3 aromatic carbocycles. The second-order valence-corrected chi connectivity index (χ2v) is 6.01. The van der Waals surface area contributed by atoms with Crippen molar-refractivity contribution < 1.29 is 19.6 Å². The van der Waals surface area contributed by atoms with Gasteiger partial charge in [0.15, 0.2) is 17.6 Å². The minimum atomic E-state index is -1.46. The molecule has 0 fully saturated rings. The minimum absolute atomic E-state index is 0.0951. The summed E-state index contributed by atoms with van der Waals surface area (Å²) >= 11 is 0. The predicted octanol–water partition coefficient (Wildman–Crippen LogP) is 4.52. The van der Waals surface area contributed by atoms with Crippen LogP contribution in [-0.2, 0) is 0 Å². The third-order valence-corrected chi connectivity index (χ3v) is 4.06. The number of aromatic hydroxyl groups is 1. The number of hydrogen-bond donors (Lipinski definition) is 1. The SMILES string of the molecule is O=C(c1ccccc1)C(N=Nc1ccc([N+](=O)[O-])cc1O)C(=O)c1ccccc1. The normalized spacial score (nSPS) is 10.9. The number of nitro groups is 1. The number of non-ortho nitro benzene ring substituents is 1. The van der Waals surface area contributed by atoms with Crippen LogP contribution in [0, 0.1) is 10.1 Å². The highest BCUT2D eigenvalue weighted by molar-refractivity contribution is 6.19. The number of ketones is 2. The maximum absolute atomic E-state index is 12.9. The summed E-state index contributed by atoms with van der Waals surface area (Å²) in [5.74, 6) is -1.59. The zero-order chi connectivity index (χ0) is 20.8. The number of carbonyl (C=O) groups excluding carboxylic acids is 2. The molecule has 0 spiro atoms. The average molecular weight is 389 g/mol. The number of phenolic OH excluding ortho intramolecular Hbond substituents is 1. The molecule has 0 radical (unpaired) electrons. The summed E-state index contributed by atoms with van der Waals surface area (Å²) < 4.78 is 0. The van der Waals surface area contributed by atoms with E-state index in [0.717, 1.165) is 12.1 Å². The molecule has 0 aromatic heterocycles. The molecule has 0 heterocycles. The topological polar surface area (TPSA) is 122 Å². The van der Waals surface area contributed by atoms with Crippen LogP contribution in [0.15, 0.2) is 89.1 Å². The molecule has 0 saturated heterocycles. The first-order chi connectivity index (χ1) is 14.0. The van der Waals surface area contributed by atoms with Gasteiger partial charge in [0.25, 0.3) is 5.69 Å². The lowest BCUT2D eigenvalue weighted by Gasteiger charge is -2.10. The van der Waals surface area contributed by atoms with Crippen molar-refractivity contribution in [2.75, 3.05) is 0 Å². The van der Waals surface area contributed by atoms with Crippen molar-refractivity contribution in [1.82, 2.24) is 0 Å². The van der Waals surface area contributed by atoms with E-state index in [1.54, 1.807) is 60.7 Å². The van der Waals surface area contributed by atoms with Crippen LogP contribution in [0.4, 0.5) is 11.4 Å². The first-order valence-corrected chi connectivity index (χ1v) is 8.54. The summed E-state index contributed by atoms with van der Waals surface area (Å²) in [4.78, 5) is 35.9.